The first-order valence-corrected chi connectivity index (χ1v) is 7.92. The Hall–Kier alpha value is -1.10. The summed E-state index contributed by atoms with van der Waals surface area (Å²) in [5.41, 5.74) is 0. The van der Waals surface area contributed by atoms with Crippen molar-refractivity contribution in [3.8, 4) is 0 Å². The molecule has 0 aromatic rings. The van der Waals surface area contributed by atoms with Gasteiger partial charge in [-0.05, 0) is 38.6 Å². The number of rotatable bonds is 4. The van der Waals surface area contributed by atoms with Crippen molar-refractivity contribution in [2.45, 2.75) is 64.2 Å². The van der Waals surface area contributed by atoms with Crippen LogP contribution in [0.5, 0.6) is 0 Å². The van der Waals surface area contributed by atoms with E-state index < -0.39 is 0 Å². The number of amides is 2. The first-order valence-electron chi connectivity index (χ1n) is 7.92. The summed E-state index contributed by atoms with van der Waals surface area (Å²) in [4.78, 5) is 29.1. The molecule has 0 aromatic heterocycles. The van der Waals surface area contributed by atoms with E-state index in [2.05, 4.69) is 24.1 Å². The van der Waals surface area contributed by atoms with Gasteiger partial charge in [0.1, 0.15) is 6.04 Å². The van der Waals surface area contributed by atoms with Gasteiger partial charge in [-0.2, -0.15) is 0 Å². The Bertz CT molecular complexity index is 423. The molecule has 0 bridgehead atoms. The lowest BCUT2D eigenvalue weighted by molar-refractivity contribution is -0.140. The molecule has 0 saturated carbocycles. The number of likely N-dealkylation sites (N-methyl/N-ethyl adjacent to an activating group) is 1. The summed E-state index contributed by atoms with van der Waals surface area (Å²) >= 11 is 0. The van der Waals surface area contributed by atoms with E-state index in [0.29, 0.717) is 12.5 Å². The molecule has 5 nitrogen and oxygen atoms in total. The van der Waals surface area contributed by atoms with Gasteiger partial charge in [-0.25, -0.2) is 0 Å². The Kier molecular flexibility index (Phi) is 3.48. The van der Waals surface area contributed by atoms with Crippen molar-refractivity contribution in [1.82, 2.24) is 15.1 Å². The fourth-order valence-corrected chi connectivity index (χ4v) is 4.05. The number of carbonyl (C=O) groups excluding carboxylic acids is 2. The smallest absolute Gasteiger partial charge is 0.240 e. The molecule has 0 aromatic carbocycles. The summed E-state index contributed by atoms with van der Waals surface area (Å²) in [6.45, 7) is 7.85. The van der Waals surface area contributed by atoms with Gasteiger partial charge in [0.15, 0.2) is 0 Å². The largest absolute Gasteiger partial charge is 0.355 e. The molecule has 1 N–H and O–H groups in total. The number of hydrogen-bond donors (Lipinski definition) is 1. The first kappa shape index (κ1) is 13.9. The summed E-state index contributed by atoms with van der Waals surface area (Å²) in [5.74, 6) is 0.926. The fraction of sp³-hybridized carbons (Fsp3) is 0.867. The van der Waals surface area contributed by atoms with Crippen molar-refractivity contribution in [1.29, 1.82) is 0 Å². The molecule has 1 unspecified atom stereocenters. The molecule has 3 rings (SSSR count). The SMILES string of the molecule is CCNC(=O)C1[C@@H]2[C@@H](CC(C)C)N2C(=O)[C@@H]2CCCN12. The molecule has 20 heavy (non-hydrogen) atoms. The predicted molar refractivity (Wildman–Crippen MR) is 76.1 cm³/mol. The summed E-state index contributed by atoms with van der Waals surface area (Å²) in [7, 11) is 0. The van der Waals surface area contributed by atoms with E-state index in [9.17, 15) is 9.59 Å². The summed E-state index contributed by atoms with van der Waals surface area (Å²) in [6.07, 6.45) is 2.95. The van der Waals surface area contributed by atoms with E-state index in [-0.39, 0.29) is 36.0 Å². The molecule has 4 atom stereocenters. The van der Waals surface area contributed by atoms with Gasteiger partial charge in [-0.3, -0.25) is 14.5 Å². The zero-order chi connectivity index (χ0) is 14.4. The minimum absolute atomic E-state index is 0.0454. The van der Waals surface area contributed by atoms with Crippen molar-refractivity contribution >= 4 is 11.8 Å². The maximum absolute atomic E-state index is 12.5. The first-order chi connectivity index (χ1) is 9.56. The van der Waals surface area contributed by atoms with Crippen LogP contribution in [0.2, 0.25) is 0 Å². The molecule has 3 heterocycles. The maximum atomic E-state index is 12.5. The quantitative estimate of drug-likeness (QED) is 0.767. The van der Waals surface area contributed by atoms with E-state index in [0.717, 1.165) is 25.8 Å². The Morgan fingerprint density at radius 3 is 2.85 bits per heavy atom. The molecule has 3 aliphatic heterocycles. The van der Waals surface area contributed by atoms with Crippen LogP contribution in [0.1, 0.15) is 40.0 Å². The van der Waals surface area contributed by atoms with Gasteiger partial charge in [-0.1, -0.05) is 13.8 Å². The second kappa shape index (κ2) is 5.02. The molecular weight excluding hydrogens is 254 g/mol. The van der Waals surface area contributed by atoms with Crippen LogP contribution in [0.4, 0.5) is 0 Å². The third-order valence-corrected chi connectivity index (χ3v) is 4.83. The molecular formula is C15H25N3O2. The third-order valence-electron chi connectivity index (χ3n) is 4.83. The molecule has 0 aliphatic carbocycles. The van der Waals surface area contributed by atoms with Crippen LogP contribution in [0.15, 0.2) is 0 Å². The van der Waals surface area contributed by atoms with Gasteiger partial charge in [0, 0.05) is 6.54 Å². The zero-order valence-electron chi connectivity index (χ0n) is 12.6. The highest BCUT2D eigenvalue weighted by atomic mass is 16.2. The van der Waals surface area contributed by atoms with E-state index in [4.69, 9.17) is 0 Å². The lowest BCUT2D eigenvalue weighted by Gasteiger charge is -2.35. The van der Waals surface area contributed by atoms with Crippen LogP contribution in [-0.2, 0) is 9.59 Å². The lowest BCUT2D eigenvalue weighted by Crippen LogP contribution is -2.59. The van der Waals surface area contributed by atoms with Gasteiger partial charge in [0.25, 0.3) is 0 Å². The highest BCUT2D eigenvalue weighted by molar-refractivity contribution is 5.93. The van der Waals surface area contributed by atoms with Crippen molar-refractivity contribution in [2.75, 3.05) is 13.1 Å². The zero-order valence-corrected chi connectivity index (χ0v) is 12.6. The van der Waals surface area contributed by atoms with Gasteiger partial charge in [0.05, 0.1) is 18.1 Å². The van der Waals surface area contributed by atoms with Crippen LogP contribution in [0.25, 0.3) is 0 Å². The van der Waals surface area contributed by atoms with Crippen LogP contribution >= 0.6 is 0 Å². The highest BCUT2D eigenvalue weighted by Gasteiger charge is 2.64. The molecule has 3 aliphatic rings. The Labute approximate surface area is 120 Å². The van der Waals surface area contributed by atoms with E-state index in [1.807, 2.05) is 11.8 Å². The Balaban J connectivity index is 1.83. The second-order valence-corrected chi connectivity index (χ2v) is 6.67. The fourth-order valence-electron chi connectivity index (χ4n) is 4.05. The molecule has 2 amide bonds. The maximum Gasteiger partial charge on any atom is 0.240 e. The van der Waals surface area contributed by atoms with Gasteiger partial charge < -0.3 is 10.2 Å². The average Bonchev–Trinajstić information content (AvgIpc) is 2.86. The van der Waals surface area contributed by atoms with Crippen LogP contribution in [-0.4, -0.2) is 58.9 Å². The van der Waals surface area contributed by atoms with Gasteiger partial charge in [-0.15, -0.1) is 0 Å². The molecule has 0 spiro atoms. The Morgan fingerprint density at radius 1 is 1.45 bits per heavy atom. The summed E-state index contributed by atoms with van der Waals surface area (Å²) in [6, 6.07) is 0.228. The van der Waals surface area contributed by atoms with Crippen molar-refractivity contribution < 1.29 is 9.59 Å². The molecule has 0 radical (unpaired) electrons. The standard InChI is InChI=1S/C15H25N3O2/c1-4-16-14(19)13-12-11(8-9(2)3)18(12)15(20)10-6-5-7-17(10)13/h9-13H,4-8H2,1-3H3,(H,16,19)/t10-,11+,12-,13?,18?/m0/s1. The average molecular weight is 279 g/mol. The topological polar surface area (TPSA) is 52.4 Å². The number of hydrogen-bond acceptors (Lipinski definition) is 3. The number of piperazine rings is 1. The van der Waals surface area contributed by atoms with Crippen LogP contribution in [0, 0.1) is 5.92 Å². The molecule has 5 heteroatoms. The van der Waals surface area contributed by atoms with E-state index >= 15 is 0 Å². The van der Waals surface area contributed by atoms with E-state index in [1.54, 1.807) is 0 Å². The lowest BCUT2D eigenvalue weighted by atomic mass is 10.0. The van der Waals surface area contributed by atoms with Crippen LogP contribution in [0.3, 0.4) is 0 Å². The van der Waals surface area contributed by atoms with Crippen molar-refractivity contribution in [2.24, 2.45) is 5.92 Å². The van der Waals surface area contributed by atoms with Crippen molar-refractivity contribution in [3.63, 3.8) is 0 Å². The predicted octanol–water partition coefficient (Wildman–Crippen LogP) is 0.595. The molecule has 112 valence electrons. The number of nitrogens with zero attached hydrogens (tertiary/aromatic N) is 2. The monoisotopic (exact) mass is 279 g/mol. The van der Waals surface area contributed by atoms with E-state index in [1.165, 1.54) is 0 Å². The summed E-state index contributed by atoms with van der Waals surface area (Å²) in [5, 5.41) is 2.96. The van der Waals surface area contributed by atoms with Gasteiger partial charge >= 0.3 is 0 Å². The molecule has 3 saturated heterocycles. The molecule has 3 fully saturated rings. The Morgan fingerprint density at radius 2 is 2.20 bits per heavy atom. The number of carbonyl (C=O) groups is 2. The third kappa shape index (κ3) is 2.03. The summed E-state index contributed by atoms with van der Waals surface area (Å²) < 4.78 is 0. The minimum Gasteiger partial charge on any atom is -0.355 e. The minimum atomic E-state index is -0.121. The highest BCUT2D eigenvalue weighted by Crippen LogP contribution is 2.45. The normalized spacial score (nSPS) is 36.0. The van der Waals surface area contributed by atoms with Crippen molar-refractivity contribution in [3.05, 3.63) is 0 Å². The number of fused-ring (bicyclic) bond motifs is 2. The van der Waals surface area contributed by atoms with Crippen LogP contribution < -0.4 is 5.32 Å². The number of nitrogens with one attached hydrogen (secondary N) is 1. The van der Waals surface area contributed by atoms with Gasteiger partial charge in [0.2, 0.25) is 11.8 Å². The second-order valence-electron chi connectivity index (χ2n) is 6.67.